The third-order valence-corrected chi connectivity index (χ3v) is 21.4. The number of pyridine rings is 2. The first-order chi connectivity index (χ1) is 52.5. The average Bonchev–Trinajstić information content (AvgIpc) is 1.59. The van der Waals surface area contributed by atoms with Crippen molar-refractivity contribution < 1.29 is 0 Å². The van der Waals surface area contributed by atoms with Gasteiger partial charge in [-0.3, -0.25) is 9.13 Å². The maximum absolute atomic E-state index is 9.81. The molecular formula is C96H58N10. The Balaban J connectivity index is 0.000000136. The summed E-state index contributed by atoms with van der Waals surface area (Å²) >= 11 is 0. The normalized spacial score (nSPS) is 11.8. The van der Waals surface area contributed by atoms with Crippen LogP contribution >= 0.6 is 0 Å². The van der Waals surface area contributed by atoms with Gasteiger partial charge in [0.2, 0.25) is 0 Å². The highest BCUT2D eigenvalue weighted by atomic mass is 15.1. The Hall–Kier alpha value is -14.8. The van der Waals surface area contributed by atoms with E-state index in [9.17, 15) is 10.5 Å². The highest BCUT2D eigenvalue weighted by molar-refractivity contribution is 6.17. The molecule has 0 amide bonds. The highest BCUT2D eigenvalue weighted by Crippen LogP contribution is 2.43. The summed E-state index contributed by atoms with van der Waals surface area (Å²) in [5.41, 5.74) is 23.7. The van der Waals surface area contributed by atoms with Gasteiger partial charge in [0.15, 0.2) is 0 Å². The first kappa shape index (κ1) is 60.0. The Morgan fingerprint density at radius 1 is 0.189 bits per heavy atom. The fourth-order valence-electron chi connectivity index (χ4n) is 16.7. The minimum absolute atomic E-state index is 0.634. The Bertz CT molecular complexity index is 7460. The molecule has 0 saturated carbocycles. The first-order valence-electron chi connectivity index (χ1n) is 35.5. The van der Waals surface area contributed by atoms with Crippen molar-refractivity contribution in [2.45, 2.75) is 0 Å². The van der Waals surface area contributed by atoms with Crippen molar-refractivity contribution in [3.8, 4) is 68.8 Å². The van der Waals surface area contributed by atoms with Crippen LogP contribution in [0.15, 0.2) is 352 Å². The van der Waals surface area contributed by atoms with E-state index in [1.807, 2.05) is 73.1 Å². The Morgan fingerprint density at radius 2 is 0.434 bits per heavy atom. The number of benzene rings is 14. The molecule has 10 heteroatoms. The SMILES string of the molecule is N#Cc1ccc(-n2c3ccccc3c3cc(-n4c5ccccc5c5cc(-c6ccc7c(c6)c6ccccc6n7-c6ccccc6)ccc54)ncc32)cc1.N#Cc1ccc2c(c1)c1cc(-n3c4ccccc4c4cc(-c5ccc6c(c5)c5ccccc5n6-c5ccccc5)ccc43)ncc1n2-c1ccccc1. The van der Waals surface area contributed by atoms with E-state index in [4.69, 9.17) is 9.97 Å². The van der Waals surface area contributed by atoms with E-state index in [2.05, 4.69) is 319 Å². The molecule has 0 N–H and O–H groups in total. The Kier molecular flexibility index (Phi) is 13.5. The Morgan fingerprint density at radius 3 is 0.783 bits per heavy atom. The van der Waals surface area contributed by atoms with Crippen LogP contribution in [0.2, 0.25) is 0 Å². The number of nitrogens with zero attached hydrogens (tertiary/aromatic N) is 10. The van der Waals surface area contributed by atoms with Crippen LogP contribution in [0.4, 0.5) is 0 Å². The smallest absolute Gasteiger partial charge is 0.138 e. The van der Waals surface area contributed by atoms with E-state index < -0.39 is 0 Å². The molecule has 492 valence electrons. The molecule has 0 atom stereocenters. The zero-order chi connectivity index (χ0) is 70.1. The average molecular weight is 1350 g/mol. The lowest BCUT2D eigenvalue weighted by molar-refractivity contribution is 1.08. The van der Waals surface area contributed by atoms with Crippen LogP contribution in [0.1, 0.15) is 11.1 Å². The molecule has 8 heterocycles. The Labute approximate surface area is 607 Å². The van der Waals surface area contributed by atoms with Crippen LogP contribution in [0.5, 0.6) is 0 Å². The van der Waals surface area contributed by atoms with Gasteiger partial charge in [-0.15, -0.1) is 0 Å². The van der Waals surface area contributed by atoms with Gasteiger partial charge in [-0.25, -0.2) is 9.97 Å². The van der Waals surface area contributed by atoms with Crippen LogP contribution in [-0.2, 0) is 0 Å². The van der Waals surface area contributed by atoms with E-state index in [-0.39, 0.29) is 0 Å². The lowest BCUT2D eigenvalue weighted by atomic mass is 10.0. The monoisotopic (exact) mass is 1350 g/mol. The van der Waals surface area contributed by atoms with Gasteiger partial charge < -0.3 is 18.3 Å². The van der Waals surface area contributed by atoms with Crippen molar-refractivity contribution in [2.24, 2.45) is 0 Å². The quantitative estimate of drug-likeness (QED) is 0.151. The van der Waals surface area contributed by atoms with Crippen LogP contribution in [0, 0.1) is 22.7 Å². The second-order valence-corrected chi connectivity index (χ2v) is 27.2. The minimum atomic E-state index is 0.634. The molecule has 0 bridgehead atoms. The van der Waals surface area contributed by atoms with E-state index >= 15 is 0 Å². The number of rotatable bonds is 8. The summed E-state index contributed by atoms with van der Waals surface area (Å²) in [6.07, 6.45) is 3.96. The molecule has 0 aliphatic rings. The summed E-state index contributed by atoms with van der Waals surface area (Å²) in [6.45, 7) is 0. The standard InChI is InChI=1S/2C48H29N5/c49-29-31-19-22-44-38(25-31)41-28-48(50-30-47(41)52(44)35-13-5-2-6-14-35)53-43-18-10-8-16-37(43)40-27-33(21-24-46(40)53)32-20-23-45-39(26-32)36-15-7-9-17-42(36)51(45)34-11-3-1-4-12-34;49-29-31-18-22-35(23-19-31)52-43-16-8-5-14-38(43)41-28-48(50-30-47(41)52)53-44-17-9-6-13-37(44)40-27-33(21-25-46(40)53)32-20-24-45-39(26-32)36-12-4-7-15-42(36)51(45)34-10-2-1-3-11-34/h2*1-28,30H. The summed E-state index contributed by atoms with van der Waals surface area (Å²) in [7, 11) is 0. The maximum atomic E-state index is 9.81. The molecule has 0 unspecified atom stereocenters. The first-order valence-corrected chi connectivity index (χ1v) is 35.5. The van der Waals surface area contributed by atoms with Crippen molar-refractivity contribution in [2.75, 3.05) is 0 Å². The maximum Gasteiger partial charge on any atom is 0.138 e. The van der Waals surface area contributed by atoms with Gasteiger partial charge >= 0.3 is 0 Å². The van der Waals surface area contributed by atoms with Crippen LogP contribution in [0.25, 0.3) is 187 Å². The summed E-state index contributed by atoms with van der Waals surface area (Å²) in [4.78, 5) is 10.2. The van der Waals surface area contributed by atoms with Gasteiger partial charge in [0, 0.05) is 87.4 Å². The zero-order valence-electron chi connectivity index (χ0n) is 57.0. The predicted molar refractivity (Wildman–Crippen MR) is 435 cm³/mol. The largest absolute Gasteiger partial charge is 0.309 e. The molecule has 8 aromatic heterocycles. The molecular weight excluding hydrogens is 1290 g/mol. The van der Waals surface area contributed by atoms with Crippen molar-refractivity contribution >= 4 is 131 Å². The molecule has 0 aliphatic heterocycles. The third kappa shape index (κ3) is 9.29. The summed E-state index contributed by atoms with van der Waals surface area (Å²) in [5, 5.41) is 33.2. The van der Waals surface area contributed by atoms with Gasteiger partial charge in [0.25, 0.3) is 0 Å². The molecule has 106 heavy (non-hydrogen) atoms. The van der Waals surface area contributed by atoms with Crippen LogP contribution in [-0.4, -0.2) is 37.4 Å². The van der Waals surface area contributed by atoms with Crippen molar-refractivity contribution in [3.05, 3.63) is 363 Å². The second-order valence-electron chi connectivity index (χ2n) is 27.2. The van der Waals surface area contributed by atoms with E-state index in [0.29, 0.717) is 11.1 Å². The van der Waals surface area contributed by atoms with Crippen molar-refractivity contribution in [1.82, 2.24) is 37.4 Å². The number of nitriles is 2. The lowest BCUT2D eigenvalue weighted by Gasteiger charge is -2.10. The molecule has 22 rings (SSSR count). The molecule has 0 spiro atoms. The summed E-state index contributed by atoms with van der Waals surface area (Å²) < 4.78 is 13.7. The number of para-hydroxylation sites is 8. The van der Waals surface area contributed by atoms with Gasteiger partial charge in [-0.1, -0.05) is 170 Å². The van der Waals surface area contributed by atoms with Crippen molar-refractivity contribution in [1.29, 1.82) is 10.5 Å². The summed E-state index contributed by atoms with van der Waals surface area (Å²) in [5.74, 6) is 1.70. The lowest BCUT2D eigenvalue weighted by Crippen LogP contribution is -1.98. The predicted octanol–water partition coefficient (Wildman–Crippen LogP) is 23.8. The fraction of sp³-hybridized carbons (Fsp3) is 0. The topological polar surface area (TPSA) is 103 Å². The van der Waals surface area contributed by atoms with Gasteiger partial charge in [0.05, 0.1) is 102 Å². The number of fused-ring (bicyclic) bond motifs is 18. The van der Waals surface area contributed by atoms with Gasteiger partial charge in [0.1, 0.15) is 11.6 Å². The van der Waals surface area contributed by atoms with E-state index in [1.54, 1.807) is 0 Å². The number of hydrogen-bond acceptors (Lipinski definition) is 4. The number of aromatic nitrogens is 8. The van der Waals surface area contributed by atoms with E-state index in [0.717, 1.165) is 106 Å². The van der Waals surface area contributed by atoms with E-state index in [1.165, 1.54) is 81.8 Å². The molecule has 0 radical (unpaired) electrons. The van der Waals surface area contributed by atoms with Crippen LogP contribution in [0.3, 0.4) is 0 Å². The molecule has 14 aromatic carbocycles. The molecule has 10 nitrogen and oxygen atoms in total. The second kappa shape index (κ2) is 23.9. The fourth-order valence-corrected chi connectivity index (χ4v) is 16.7. The summed E-state index contributed by atoms with van der Waals surface area (Å²) in [6, 6.07) is 124. The van der Waals surface area contributed by atoms with Gasteiger partial charge in [-0.2, -0.15) is 10.5 Å². The molecule has 0 saturated heterocycles. The number of hydrogen-bond donors (Lipinski definition) is 0. The molecule has 22 aromatic rings. The van der Waals surface area contributed by atoms with Gasteiger partial charge in [-0.05, 0) is 192 Å². The highest BCUT2D eigenvalue weighted by Gasteiger charge is 2.23. The van der Waals surface area contributed by atoms with Crippen LogP contribution < -0.4 is 0 Å². The zero-order valence-corrected chi connectivity index (χ0v) is 57.0. The molecule has 0 fully saturated rings. The minimum Gasteiger partial charge on any atom is -0.309 e. The van der Waals surface area contributed by atoms with Crippen molar-refractivity contribution in [3.63, 3.8) is 0 Å². The third-order valence-electron chi connectivity index (χ3n) is 21.4. The molecule has 0 aliphatic carbocycles.